The molecule has 4 rings (SSSR count). The van der Waals surface area contributed by atoms with Crippen LogP contribution in [-0.2, 0) is 16.6 Å². The maximum absolute atomic E-state index is 11.8. The molecule has 0 aromatic heterocycles. The maximum Gasteiger partial charge on any atom is 0.231 e. The molecule has 0 radical (unpaired) electrons. The molecule has 0 bridgehead atoms. The minimum Gasteiger partial charge on any atom is -0.454 e. The van der Waals surface area contributed by atoms with E-state index in [0.29, 0.717) is 25.9 Å². The zero-order valence-corrected chi connectivity index (χ0v) is 16.1. The van der Waals surface area contributed by atoms with Gasteiger partial charge < -0.3 is 9.47 Å². The van der Waals surface area contributed by atoms with Crippen molar-refractivity contribution in [1.29, 1.82) is 0 Å². The topological polar surface area (TPSA) is 62.3 Å². The van der Waals surface area contributed by atoms with E-state index in [4.69, 9.17) is 9.47 Å². The molecule has 0 aliphatic carbocycles. The van der Waals surface area contributed by atoms with Gasteiger partial charge in [-0.1, -0.05) is 6.07 Å². The Morgan fingerprint density at radius 3 is 2.62 bits per heavy atom. The predicted molar refractivity (Wildman–Crippen MR) is 98.9 cm³/mol. The fourth-order valence-electron chi connectivity index (χ4n) is 4.10. The number of sulfonamides is 1. The summed E-state index contributed by atoms with van der Waals surface area (Å²) in [6.07, 6.45) is 3.36. The van der Waals surface area contributed by atoms with E-state index in [1.165, 1.54) is 11.8 Å². The van der Waals surface area contributed by atoms with Crippen molar-refractivity contribution in [2.24, 2.45) is 0 Å². The molecule has 0 spiro atoms. The summed E-state index contributed by atoms with van der Waals surface area (Å²) >= 11 is 0. The molecule has 2 fully saturated rings. The van der Waals surface area contributed by atoms with Gasteiger partial charge in [-0.3, -0.25) is 9.80 Å². The molecule has 1 unspecified atom stereocenters. The smallest absolute Gasteiger partial charge is 0.231 e. The molecule has 0 N–H and O–H groups in total. The fourth-order valence-corrected chi connectivity index (χ4v) is 5.01. The van der Waals surface area contributed by atoms with Crippen LogP contribution in [0.3, 0.4) is 0 Å². The predicted octanol–water partition coefficient (Wildman–Crippen LogP) is 0.957. The number of ether oxygens (including phenoxy) is 2. The standard InChI is InChI=1S/C18H27N3O4S/c1-26(22,23)21-6-2-3-16(13-21)20-9-7-19(8-10-20)12-15-4-5-17-18(11-15)25-14-24-17/h4-5,11,16H,2-3,6-10,12-14H2,1H3. The highest BCUT2D eigenvalue weighted by atomic mass is 32.2. The van der Waals surface area contributed by atoms with Gasteiger partial charge in [0, 0.05) is 51.9 Å². The monoisotopic (exact) mass is 381 g/mol. The molecule has 0 saturated carbocycles. The Morgan fingerprint density at radius 2 is 1.85 bits per heavy atom. The Hall–Kier alpha value is -1.35. The van der Waals surface area contributed by atoms with Crippen LogP contribution < -0.4 is 9.47 Å². The summed E-state index contributed by atoms with van der Waals surface area (Å²) in [5.74, 6) is 1.66. The molecule has 3 aliphatic heterocycles. The zero-order valence-electron chi connectivity index (χ0n) is 15.3. The molecule has 8 heteroatoms. The number of piperidine rings is 1. The molecule has 3 aliphatic rings. The van der Waals surface area contributed by atoms with E-state index in [2.05, 4.69) is 21.9 Å². The lowest BCUT2D eigenvalue weighted by Crippen LogP contribution is -2.55. The lowest BCUT2D eigenvalue weighted by atomic mass is 10.0. The van der Waals surface area contributed by atoms with Gasteiger partial charge in [-0.15, -0.1) is 0 Å². The Balaban J connectivity index is 1.30. The van der Waals surface area contributed by atoms with Crippen molar-refractivity contribution >= 4 is 10.0 Å². The van der Waals surface area contributed by atoms with Crippen LogP contribution in [0, 0.1) is 0 Å². The highest BCUT2D eigenvalue weighted by Gasteiger charge is 2.31. The largest absolute Gasteiger partial charge is 0.454 e. The molecular formula is C18H27N3O4S. The van der Waals surface area contributed by atoms with Crippen molar-refractivity contribution in [2.75, 3.05) is 52.3 Å². The van der Waals surface area contributed by atoms with Crippen molar-refractivity contribution in [3.8, 4) is 11.5 Å². The van der Waals surface area contributed by atoms with Crippen LogP contribution in [0.5, 0.6) is 11.5 Å². The van der Waals surface area contributed by atoms with E-state index < -0.39 is 10.0 Å². The third-order valence-corrected chi connectivity index (χ3v) is 6.86. The van der Waals surface area contributed by atoms with Crippen LogP contribution in [0.4, 0.5) is 0 Å². The molecular weight excluding hydrogens is 354 g/mol. The first kappa shape index (κ1) is 18.0. The van der Waals surface area contributed by atoms with Gasteiger partial charge in [0.2, 0.25) is 16.8 Å². The first-order chi connectivity index (χ1) is 12.5. The number of hydrogen-bond donors (Lipinski definition) is 0. The molecule has 1 aromatic rings. The van der Waals surface area contributed by atoms with Crippen LogP contribution in [-0.4, -0.2) is 80.9 Å². The van der Waals surface area contributed by atoms with Gasteiger partial charge in [0.05, 0.1) is 6.26 Å². The van der Waals surface area contributed by atoms with Crippen molar-refractivity contribution in [1.82, 2.24) is 14.1 Å². The lowest BCUT2D eigenvalue weighted by molar-refractivity contribution is 0.0676. The summed E-state index contributed by atoms with van der Waals surface area (Å²) in [4.78, 5) is 4.92. The van der Waals surface area contributed by atoms with Crippen molar-refractivity contribution in [2.45, 2.75) is 25.4 Å². The van der Waals surface area contributed by atoms with E-state index in [0.717, 1.165) is 57.1 Å². The summed E-state index contributed by atoms with van der Waals surface area (Å²) < 4.78 is 36.1. The van der Waals surface area contributed by atoms with Gasteiger partial charge in [0.25, 0.3) is 0 Å². The summed E-state index contributed by atoms with van der Waals surface area (Å²) in [5, 5.41) is 0. The third-order valence-electron chi connectivity index (χ3n) is 5.59. The summed E-state index contributed by atoms with van der Waals surface area (Å²) in [6.45, 7) is 6.52. The van der Waals surface area contributed by atoms with E-state index in [1.807, 2.05) is 6.07 Å². The molecule has 3 heterocycles. The Bertz CT molecular complexity index is 747. The number of piperazine rings is 1. The molecule has 7 nitrogen and oxygen atoms in total. The van der Waals surface area contributed by atoms with Gasteiger partial charge in [-0.05, 0) is 30.5 Å². The second-order valence-electron chi connectivity index (χ2n) is 7.42. The van der Waals surface area contributed by atoms with Crippen LogP contribution >= 0.6 is 0 Å². The fraction of sp³-hybridized carbons (Fsp3) is 0.667. The number of benzene rings is 1. The Kier molecular flexibility index (Phi) is 5.09. The lowest BCUT2D eigenvalue weighted by Gasteiger charge is -2.42. The number of fused-ring (bicyclic) bond motifs is 1. The highest BCUT2D eigenvalue weighted by Crippen LogP contribution is 2.33. The Morgan fingerprint density at radius 1 is 1.08 bits per heavy atom. The average Bonchev–Trinajstić information content (AvgIpc) is 3.10. The quantitative estimate of drug-likeness (QED) is 0.774. The maximum atomic E-state index is 11.8. The number of nitrogens with zero attached hydrogens (tertiary/aromatic N) is 3. The molecule has 2 saturated heterocycles. The second kappa shape index (κ2) is 7.34. The second-order valence-corrected chi connectivity index (χ2v) is 9.40. The van der Waals surface area contributed by atoms with Gasteiger partial charge in [0.15, 0.2) is 11.5 Å². The summed E-state index contributed by atoms with van der Waals surface area (Å²) in [5.41, 5.74) is 1.24. The zero-order chi connectivity index (χ0) is 18.1. The SMILES string of the molecule is CS(=O)(=O)N1CCCC(N2CCN(Cc3ccc4c(c3)OCO4)CC2)C1. The van der Waals surface area contributed by atoms with E-state index in [1.54, 1.807) is 4.31 Å². The van der Waals surface area contributed by atoms with E-state index in [9.17, 15) is 8.42 Å². The minimum absolute atomic E-state index is 0.309. The molecule has 0 amide bonds. The average molecular weight is 381 g/mol. The van der Waals surface area contributed by atoms with E-state index in [-0.39, 0.29) is 0 Å². The van der Waals surface area contributed by atoms with Gasteiger partial charge in [0.1, 0.15) is 0 Å². The third kappa shape index (κ3) is 3.98. The molecule has 1 aromatic carbocycles. The van der Waals surface area contributed by atoms with Gasteiger partial charge >= 0.3 is 0 Å². The summed E-state index contributed by atoms with van der Waals surface area (Å²) in [6, 6.07) is 6.51. The van der Waals surface area contributed by atoms with E-state index >= 15 is 0 Å². The van der Waals surface area contributed by atoms with Crippen molar-refractivity contribution in [3.05, 3.63) is 23.8 Å². The number of rotatable bonds is 4. The minimum atomic E-state index is -3.08. The summed E-state index contributed by atoms with van der Waals surface area (Å²) in [7, 11) is -3.08. The van der Waals surface area contributed by atoms with Crippen LogP contribution in [0.2, 0.25) is 0 Å². The van der Waals surface area contributed by atoms with Crippen molar-refractivity contribution in [3.63, 3.8) is 0 Å². The molecule has 26 heavy (non-hydrogen) atoms. The van der Waals surface area contributed by atoms with Crippen LogP contribution in [0.25, 0.3) is 0 Å². The van der Waals surface area contributed by atoms with Crippen molar-refractivity contribution < 1.29 is 17.9 Å². The molecule has 1 atom stereocenters. The van der Waals surface area contributed by atoms with Crippen LogP contribution in [0.1, 0.15) is 18.4 Å². The number of hydrogen-bond acceptors (Lipinski definition) is 6. The normalized spacial score (nSPS) is 25.5. The van der Waals surface area contributed by atoms with Crippen LogP contribution in [0.15, 0.2) is 18.2 Å². The Labute approximate surface area is 155 Å². The highest BCUT2D eigenvalue weighted by molar-refractivity contribution is 7.88. The first-order valence-electron chi connectivity index (χ1n) is 9.29. The van der Waals surface area contributed by atoms with Gasteiger partial charge in [-0.25, -0.2) is 12.7 Å². The van der Waals surface area contributed by atoms with Gasteiger partial charge in [-0.2, -0.15) is 0 Å². The molecule has 144 valence electrons. The first-order valence-corrected chi connectivity index (χ1v) is 11.1.